The van der Waals surface area contributed by atoms with Crippen LogP contribution in [-0.4, -0.2) is 44.9 Å². The Bertz CT molecular complexity index is 3390. The van der Waals surface area contributed by atoms with E-state index in [0.717, 1.165) is 11.1 Å². The number of ketones is 6. The Balaban J connectivity index is 0.000000111. The SMILES string of the molecule is Nc1cccc2c1C(=O)c1ccccc1C2=O.Nc1cccc2cc3ccccc3cc12.O=C1c2ccc(O)cc2C(=O)c2ccc(O)cc21.O=C1c2ccccc2C(=O)c2ccccc21. The Morgan fingerprint density at radius 2 is 0.606 bits per heavy atom. The van der Waals surface area contributed by atoms with Crippen LogP contribution in [0.15, 0.2) is 182 Å². The summed E-state index contributed by atoms with van der Waals surface area (Å²) < 4.78 is 0. The highest BCUT2D eigenvalue weighted by Gasteiger charge is 2.32. The number of anilines is 2. The van der Waals surface area contributed by atoms with Gasteiger partial charge in [0, 0.05) is 78.0 Å². The highest BCUT2D eigenvalue weighted by Crippen LogP contribution is 2.33. The lowest BCUT2D eigenvalue weighted by Crippen LogP contribution is -2.22. The summed E-state index contributed by atoms with van der Waals surface area (Å²) in [5, 5.41) is 23.6. The van der Waals surface area contributed by atoms with Crippen molar-refractivity contribution in [1.82, 2.24) is 0 Å². The number of phenolic OH excluding ortho intramolecular Hbond substituents is 2. The van der Waals surface area contributed by atoms with E-state index in [1.54, 1.807) is 91.0 Å². The number of nitrogens with two attached hydrogens (primary N) is 2. The van der Waals surface area contributed by atoms with Crippen molar-refractivity contribution < 1.29 is 39.0 Å². The van der Waals surface area contributed by atoms with Crippen LogP contribution in [-0.2, 0) is 0 Å². The fraction of sp³-hybridized carbons (Fsp3) is 0. The molecule has 0 saturated heterocycles. The first kappa shape index (κ1) is 42.0. The van der Waals surface area contributed by atoms with Crippen molar-refractivity contribution in [1.29, 1.82) is 0 Å². The molecule has 3 aliphatic carbocycles. The number of rotatable bonds is 0. The fourth-order valence-electron chi connectivity index (χ4n) is 8.34. The van der Waals surface area contributed by atoms with Crippen LogP contribution < -0.4 is 11.5 Å². The van der Waals surface area contributed by atoms with Gasteiger partial charge >= 0.3 is 0 Å². The lowest BCUT2D eigenvalue weighted by Gasteiger charge is -2.18. The normalized spacial score (nSPS) is 12.7. The summed E-state index contributed by atoms with van der Waals surface area (Å²) in [6.45, 7) is 0. The van der Waals surface area contributed by atoms with Gasteiger partial charge in [0.05, 0.1) is 5.56 Å². The minimum absolute atomic E-state index is 0.0582. The molecule has 0 aromatic heterocycles. The maximum atomic E-state index is 12.2. The number of aromatic hydroxyl groups is 2. The summed E-state index contributed by atoms with van der Waals surface area (Å²) in [6, 6.07) is 52.5. The summed E-state index contributed by atoms with van der Waals surface area (Å²) in [4.78, 5) is 73.0. The van der Waals surface area contributed by atoms with Gasteiger partial charge in [0.1, 0.15) is 11.5 Å². The molecule has 0 saturated carbocycles. The maximum absolute atomic E-state index is 12.2. The molecular weight excluding hydrogens is 829 g/mol. The first-order chi connectivity index (χ1) is 31.9. The van der Waals surface area contributed by atoms with Crippen LogP contribution in [0.3, 0.4) is 0 Å². The molecule has 0 heterocycles. The predicted octanol–water partition coefficient (Wildman–Crippen LogP) is 9.95. The van der Waals surface area contributed by atoms with Crippen molar-refractivity contribution in [3.05, 3.63) is 249 Å². The largest absolute Gasteiger partial charge is 0.508 e. The molecule has 10 heteroatoms. The van der Waals surface area contributed by atoms with Gasteiger partial charge in [-0.2, -0.15) is 0 Å². The van der Waals surface area contributed by atoms with Crippen molar-refractivity contribution in [2.24, 2.45) is 0 Å². The molecule has 0 fully saturated rings. The van der Waals surface area contributed by atoms with Crippen molar-refractivity contribution in [3.63, 3.8) is 0 Å². The van der Waals surface area contributed by atoms with E-state index in [2.05, 4.69) is 36.4 Å². The fourth-order valence-corrected chi connectivity index (χ4v) is 8.34. The first-order valence-corrected chi connectivity index (χ1v) is 20.7. The van der Waals surface area contributed by atoms with Crippen molar-refractivity contribution in [2.45, 2.75) is 0 Å². The van der Waals surface area contributed by atoms with Gasteiger partial charge in [0.15, 0.2) is 34.7 Å². The number of benzene rings is 9. The molecule has 0 atom stereocenters. The molecule has 10 nitrogen and oxygen atoms in total. The summed E-state index contributed by atoms with van der Waals surface area (Å²) in [5.41, 5.74) is 17.4. The minimum Gasteiger partial charge on any atom is -0.508 e. The topological polar surface area (TPSA) is 195 Å². The van der Waals surface area contributed by atoms with Gasteiger partial charge in [0.25, 0.3) is 0 Å². The molecule has 0 aliphatic heterocycles. The molecule has 12 rings (SSSR count). The number of hydrogen-bond donors (Lipinski definition) is 4. The Morgan fingerprint density at radius 3 is 1.09 bits per heavy atom. The third-order valence-corrected chi connectivity index (χ3v) is 11.6. The quantitative estimate of drug-likeness (QED) is 0.0842. The molecule has 318 valence electrons. The van der Waals surface area contributed by atoms with Crippen molar-refractivity contribution in [2.75, 3.05) is 11.5 Å². The van der Waals surface area contributed by atoms with Crippen LogP contribution in [0.1, 0.15) is 95.5 Å². The van der Waals surface area contributed by atoms with E-state index in [1.807, 2.05) is 18.2 Å². The zero-order valence-electron chi connectivity index (χ0n) is 34.8. The second kappa shape index (κ2) is 17.1. The maximum Gasteiger partial charge on any atom is 0.196 e. The van der Waals surface area contributed by atoms with E-state index < -0.39 is 0 Å². The summed E-state index contributed by atoms with van der Waals surface area (Å²) in [7, 11) is 0. The van der Waals surface area contributed by atoms with E-state index in [9.17, 15) is 39.0 Å². The molecule has 0 unspecified atom stereocenters. The van der Waals surface area contributed by atoms with Gasteiger partial charge in [-0.15, -0.1) is 0 Å². The molecule has 0 radical (unpaired) electrons. The standard InChI is InChI=1S/C14H9NO2.C14H11N.C14H8O4.C14H8O2/c15-11-7-3-6-10-12(11)14(17)9-5-2-1-4-8(9)13(10)16;15-14-7-3-6-12-8-10-4-1-2-5-11(10)9-13(12)14;15-7-1-3-9-11(5-7)14(18)10-4-2-8(16)6-12(10)13(9)17;15-13-9-5-1-2-6-10(9)14(16)12-8-4-3-7-11(12)13/h1-7H,15H2;1-9H,15H2;1-6,15-16H;1-8H. The zero-order valence-corrected chi connectivity index (χ0v) is 34.8. The van der Waals surface area contributed by atoms with Crippen molar-refractivity contribution in [3.8, 4) is 11.5 Å². The molecule has 3 aliphatic rings. The smallest absolute Gasteiger partial charge is 0.196 e. The average molecular weight is 865 g/mol. The van der Waals surface area contributed by atoms with E-state index in [1.165, 1.54) is 52.6 Å². The summed E-state index contributed by atoms with van der Waals surface area (Å²) >= 11 is 0. The van der Waals surface area contributed by atoms with Crippen LogP contribution in [0.4, 0.5) is 11.4 Å². The summed E-state index contributed by atoms with van der Waals surface area (Å²) in [5.74, 6) is -1.20. The van der Waals surface area contributed by atoms with Gasteiger partial charge in [-0.3, -0.25) is 28.8 Å². The lowest BCUT2D eigenvalue weighted by atomic mass is 9.83. The number of carbonyl (C=O) groups excluding carboxylic acids is 6. The van der Waals surface area contributed by atoms with Crippen LogP contribution in [0.25, 0.3) is 21.5 Å². The predicted molar refractivity (Wildman–Crippen MR) is 253 cm³/mol. The lowest BCUT2D eigenvalue weighted by molar-refractivity contribution is 0.0978. The number of phenols is 2. The molecule has 0 amide bonds. The van der Waals surface area contributed by atoms with E-state index in [0.29, 0.717) is 50.2 Å². The number of carbonyl (C=O) groups is 6. The van der Waals surface area contributed by atoms with Gasteiger partial charge in [-0.05, 0) is 76.8 Å². The Morgan fingerprint density at radius 1 is 0.273 bits per heavy atom. The van der Waals surface area contributed by atoms with E-state index >= 15 is 0 Å². The minimum atomic E-state index is -0.324. The van der Waals surface area contributed by atoms with Gasteiger partial charge in [-0.1, -0.05) is 121 Å². The van der Waals surface area contributed by atoms with Gasteiger partial charge < -0.3 is 21.7 Å². The molecular formula is C56H36N2O8. The Labute approximate surface area is 377 Å². The average Bonchev–Trinajstić information content (AvgIpc) is 3.34. The van der Waals surface area contributed by atoms with Crippen LogP contribution >= 0.6 is 0 Å². The Kier molecular flexibility index (Phi) is 10.9. The van der Waals surface area contributed by atoms with Crippen LogP contribution in [0, 0.1) is 0 Å². The zero-order chi connectivity index (χ0) is 46.2. The molecule has 0 spiro atoms. The second-order valence-electron chi connectivity index (χ2n) is 15.6. The molecule has 9 aromatic carbocycles. The van der Waals surface area contributed by atoms with Gasteiger partial charge in [-0.25, -0.2) is 0 Å². The third kappa shape index (κ3) is 7.54. The van der Waals surface area contributed by atoms with Crippen molar-refractivity contribution >= 4 is 67.6 Å². The third-order valence-electron chi connectivity index (χ3n) is 11.6. The molecule has 9 aromatic rings. The number of fused-ring (bicyclic) bond motifs is 8. The molecule has 66 heavy (non-hydrogen) atoms. The van der Waals surface area contributed by atoms with Gasteiger partial charge in [0.2, 0.25) is 0 Å². The van der Waals surface area contributed by atoms with Crippen LogP contribution in [0.2, 0.25) is 0 Å². The number of nitrogen functional groups attached to an aromatic ring is 2. The first-order valence-electron chi connectivity index (χ1n) is 20.7. The Hall–Kier alpha value is -9.28. The van der Waals surface area contributed by atoms with Crippen LogP contribution in [0.5, 0.6) is 11.5 Å². The monoisotopic (exact) mass is 864 g/mol. The highest BCUT2D eigenvalue weighted by atomic mass is 16.3. The molecule has 6 N–H and O–H groups in total. The second-order valence-corrected chi connectivity index (χ2v) is 15.6. The highest BCUT2D eigenvalue weighted by molar-refractivity contribution is 6.31. The van der Waals surface area contributed by atoms with E-state index in [4.69, 9.17) is 11.5 Å². The van der Waals surface area contributed by atoms with E-state index in [-0.39, 0.29) is 68.5 Å². The molecule has 0 bridgehead atoms. The number of hydrogen-bond acceptors (Lipinski definition) is 10. The summed E-state index contributed by atoms with van der Waals surface area (Å²) in [6.07, 6.45) is 0.